The molecule has 0 aliphatic heterocycles. The average Bonchev–Trinajstić information content (AvgIpc) is 2.75. The van der Waals surface area contributed by atoms with E-state index in [9.17, 15) is 18.5 Å². The van der Waals surface area contributed by atoms with E-state index in [-0.39, 0.29) is 16.3 Å². The fourth-order valence-corrected chi connectivity index (χ4v) is 4.55. The van der Waals surface area contributed by atoms with E-state index in [2.05, 4.69) is 15.2 Å². The number of hydrogen-bond donors (Lipinski definition) is 2. The summed E-state index contributed by atoms with van der Waals surface area (Å²) in [7, 11) is -4.15. The lowest BCUT2D eigenvalue weighted by atomic mass is 10.0. The molecule has 0 bridgehead atoms. The lowest BCUT2D eigenvalue weighted by molar-refractivity contribution is -0.385. The van der Waals surface area contributed by atoms with Crippen molar-refractivity contribution < 1.29 is 13.3 Å². The van der Waals surface area contributed by atoms with Crippen LogP contribution in [0.3, 0.4) is 0 Å². The fraction of sp³-hybridized carbons (Fsp3) is 0.208. The van der Waals surface area contributed by atoms with Gasteiger partial charge in [-0.2, -0.15) is 5.10 Å². The number of nitro groups is 1. The Kier molecular flexibility index (Phi) is 6.83. The Bertz CT molecular complexity index is 1360. The minimum absolute atomic E-state index is 0.126. The highest BCUT2D eigenvalue weighted by Crippen LogP contribution is 2.29. The van der Waals surface area contributed by atoms with Gasteiger partial charge >= 0.3 is 0 Å². The molecule has 0 heterocycles. The van der Waals surface area contributed by atoms with Crippen molar-refractivity contribution in [1.29, 1.82) is 0 Å². The Morgan fingerprint density at radius 3 is 2.21 bits per heavy atom. The molecule has 0 amide bonds. The minimum Gasteiger partial charge on any atom is -0.279 e. The number of hydrazone groups is 1. The molecule has 0 saturated carbocycles. The predicted octanol–water partition coefficient (Wildman–Crippen LogP) is 5.47. The van der Waals surface area contributed by atoms with Crippen molar-refractivity contribution in [2.75, 3.05) is 10.1 Å². The van der Waals surface area contributed by atoms with Crippen LogP contribution in [0.1, 0.15) is 34.7 Å². The second kappa shape index (κ2) is 9.41. The highest BCUT2D eigenvalue weighted by Gasteiger charge is 2.23. The first kappa shape index (κ1) is 23.9. The second-order valence-corrected chi connectivity index (χ2v) is 9.62. The average molecular weight is 467 g/mol. The van der Waals surface area contributed by atoms with E-state index in [0.717, 1.165) is 33.9 Å². The van der Waals surface area contributed by atoms with Crippen LogP contribution in [0, 0.1) is 37.8 Å². The second-order valence-electron chi connectivity index (χ2n) is 7.97. The molecule has 0 aliphatic carbocycles. The van der Waals surface area contributed by atoms with Crippen LogP contribution >= 0.6 is 0 Å². The molecule has 8 nitrogen and oxygen atoms in total. The summed E-state index contributed by atoms with van der Waals surface area (Å²) < 4.78 is 28.9. The first-order chi connectivity index (χ1) is 15.5. The van der Waals surface area contributed by atoms with Crippen LogP contribution in [0.4, 0.5) is 17.1 Å². The molecule has 0 atom stereocenters. The van der Waals surface area contributed by atoms with Gasteiger partial charge in [0.05, 0.1) is 22.0 Å². The van der Waals surface area contributed by atoms with Crippen LogP contribution in [0.2, 0.25) is 0 Å². The molecule has 0 fully saturated rings. The molecule has 3 rings (SSSR count). The van der Waals surface area contributed by atoms with Gasteiger partial charge in [-0.25, -0.2) is 8.42 Å². The number of anilines is 2. The Morgan fingerprint density at radius 2 is 1.58 bits per heavy atom. The van der Waals surface area contributed by atoms with Gasteiger partial charge in [0.15, 0.2) is 0 Å². The van der Waals surface area contributed by atoms with Gasteiger partial charge in [-0.05, 0) is 75.1 Å². The van der Waals surface area contributed by atoms with Crippen molar-refractivity contribution >= 4 is 32.8 Å². The van der Waals surface area contributed by atoms with Gasteiger partial charge < -0.3 is 0 Å². The lowest BCUT2D eigenvalue weighted by Crippen LogP contribution is -2.16. The summed E-state index contributed by atoms with van der Waals surface area (Å²) in [6.07, 6.45) is 0. The molecule has 3 aromatic carbocycles. The van der Waals surface area contributed by atoms with Crippen molar-refractivity contribution in [1.82, 2.24) is 0 Å². The lowest BCUT2D eigenvalue weighted by Gasteiger charge is -2.14. The summed E-state index contributed by atoms with van der Waals surface area (Å²) in [4.78, 5) is 10.4. The van der Waals surface area contributed by atoms with E-state index in [4.69, 9.17) is 0 Å². The molecule has 33 heavy (non-hydrogen) atoms. The molecule has 0 spiro atoms. The highest BCUT2D eigenvalue weighted by molar-refractivity contribution is 7.92. The monoisotopic (exact) mass is 466 g/mol. The highest BCUT2D eigenvalue weighted by atomic mass is 32.2. The maximum atomic E-state index is 13.2. The zero-order valence-electron chi connectivity index (χ0n) is 19.1. The number of benzene rings is 3. The molecule has 9 heteroatoms. The van der Waals surface area contributed by atoms with Crippen LogP contribution in [0.15, 0.2) is 64.6 Å². The number of nitrogens with one attached hydrogen (secondary N) is 2. The van der Waals surface area contributed by atoms with E-state index in [0.29, 0.717) is 11.4 Å². The van der Waals surface area contributed by atoms with Crippen LogP contribution in [-0.2, 0) is 10.0 Å². The van der Waals surface area contributed by atoms with Crippen molar-refractivity contribution in [2.24, 2.45) is 5.10 Å². The van der Waals surface area contributed by atoms with E-state index < -0.39 is 14.9 Å². The third-order valence-corrected chi connectivity index (χ3v) is 6.77. The van der Waals surface area contributed by atoms with Gasteiger partial charge in [0.2, 0.25) is 0 Å². The molecule has 0 saturated heterocycles. The van der Waals surface area contributed by atoms with E-state index >= 15 is 0 Å². The molecule has 0 radical (unpaired) electrons. The van der Waals surface area contributed by atoms with Crippen LogP contribution < -0.4 is 10.1 Å². The van der Waals surface area contributed by atoms with E-state index in [1.165, 1.54) is 12.1 Å². The molecule has 0 aromatic heterocycles. The van der Waals surface area contributed by atoms with E-state index in [1.54, 1.807) is 26.0 Å². The van der Waals surface area contributed by atoms with Gasteiger partial charge in [-0.1, -0.05) is 29.8 Å². The number of nitro benzene ring substituents is 1. The number of rotatable bonds is 7. The topological polar surface area (TPSA) is 114 Å². The number of non-ortho nitro benzene ring substituents is 1. The van der Waals surface area contributed by atoms with Gasteiger partial charge in [-0.15, -0.1) is 0 Å². The molecule has 0 unspecified atom stereocenters. The van der Waals surface area contributed by atoms with Crippen molar-refractivity contribution in [3.8, 4) is 0 Å². The summed E-state index contributed by atoms with van der Waals surface area (Å²) >= 11 is 0. The van der Waals surface area contributed by atoms with Crippen LogP contribution in [-0.4, -0.2) is 19.1 Å². The Balaban J connectivity index is 2.00. The first-order valence-corrected chi connectivity index (χ1v) is 11.7. The first-order valence-electron chi connectivity index (χ1n) is 10.2. The van der Waals surface area contributed by atoms with Gasteiger partial charge in [0, 0.05) is 12.1 Å². The summed E-state index contributed by atoms with van der Waals surface area (Å²) in [6, 6.07) is 14.8. The largest absolute Gasteiger partial charge is 0.279 e. The predicted molar refractivity (Wildman–Crippen MR) is 132 cm³/mol. The Morgan fingerprint density at radius 1 is 0.879 bits per heavy atom. The standard InChI is InChI=1S/C24H26N4O4S/c1-15-6-10-22(18(4)12-15)27-33(31,32)24-14-21(28(29)30)9-11-23(24)26-25-19(5)20-8-7-16(2)17(3)13-20/h6-14,26-27H,1-5H3. The Labute approximate surface area is 193 Å². The maximum absolute atomic E-state index is 13.2. The molecule has 3 aromatic rings. The number of sulfonamides is 1. The van der Waals surface area contributed by atoms with Gasteiger partial charge in [-0.3, -0.25) is 20.3 Å². The minimum atomic E-state index is -4.15. The summed E-state index contributed by atoms with van der Waals surface area (Å²) in [5, 5.41) is 15.6. The summed E-state index contributed by atoms with van der Waals surface area (Å²) in [5.41, 5.74) is 8.47. The quantitative estimate of drug-likeness (QED) is 0.272. The molecule has 2 N–H and O–H groups in total. The smallest absolute Gasteiger partial charge is 0.270 e. The molecule has 0 aliphatic rings. The maximum Gasteiger partial charge on any atom is 0.270 e. The zero-order chi connectivity index (χ0) is 24.3. The van der Waals surface area contributed by atoms with Gasteiger partial charge in [0.1, 0.15) is 4.90 Å². The van der Waals surface area contributed by atoms with E-state index in [1.807, 2.05) is 45.0 Å². The van der Waals surface area contributed by atoms with Crippen LogP contribution in [0.5, 0.6) is 0 Å². The molecule has 172 valence electrons. The molecular weight excluding hydrogens is 440 g/mol. The number of hydrogen-bond acceptors (Lipinski definition) is 6. The van der Waals surface area contributed by atoms with Crippen molar-refractivity contribution in [2.45, 2.75) is 39.5 Å². The third kappa shape index (κ3) is 5.56. The fourth-order valence-electron chi connectivity index (χ4n) is 3.24. The van der Waals surface area contributed by atoms with Crippen LogP contribution in [0.25, 0.3) is 0 Å². The normalized spacial score (nSPS) is 11.8. The zero-order valence-corrected chi connectivity index (χ0v) is 19.9. The summed E-state index contributed by atoms with van der Waals surface area (Å²) in [5.74, 6) is 0. The van der Waals surface area contributed by atoms with Crippen molar-refractivity contribution in [3.05, 3.63) is 92.5 Å². The molecular formula is C24H26N4O4S. The third-order valence-electron chi connectivity index (χ3n) is 5.36. The van der Waals surface area contributed by atoms with Crippen molar-refractivity contribution in [3.63, 3.8) is 0 Å². The number of aryl methyl sites for hydroxylation is 4. The Hall–Kier alpha value is -3.72. The summed E-state index contributed by atoms with van der Waals surface area (Å²) in [6.45, 7) is 9.50. The van der Waals surface area contributed by atoms with Gasteiger partial charge in [0.25, 0.3) is 15.7 Å². The SMILES string of the molecule is CC(=NNc1ccc([N+](=O)[O-])cc1S(=O)(=O)Nc1ccc(C)cc1C)c1ccc(C)c(C)c1. The number of nitrogens with zero attached hydrogens (tertiary/aromatic N) is 2.